The van der Waals surface area contributed by atoms with Crippen LogP contribution in [-0.2, 0) is 9.53 Å². The topological polar surface area (TPSA) is 65.1 Å². The summed E-state index contributed by atoms with van der Waals surface area (Å²) in [5.74, 6) is 0.121. The van der Waals surface area contributed by atoms with Crippen molar-refractivity contribution in [2.45, 2.75) is 25.9 Å². The van der Waals surface area contributed by atoms with Gasteiger partial charge in [0.15, 0.2) is 11.5 Å². The predicted octanol–water partition coefficient (Wildman–Crippen LogP) is 4.60. The molecule has 0 aliphatic carbocycles. The summed E-state index contributed by atoms with van der Waals surface area (Å²) in [6.07, 6.45) is 3.76. The van der Waals surface area contributed by atoms with E-state index in [2.05, 4.69) is 0 Å². The number of aryl methyl sites for hydroxylation is 1. The van der Waals surface area contributed by atoms with Gasteiger partial charge in [-0.1, -0.05) is 47.7 Å². The summed E-state index contributed by atoms with van der Waals surface area (Å²) in [5, 5.41) is 0. The van der Waals surface area contributed by atoms with E-state index in [9.17, 15) is 9.59 Å². The maximum Gasteiger partial charge on any atom is 0.343 e. The van der Waals surface area contributed by atoms with Crippen molar-refractivity contribution in [2.75, 3.05) is 20.3 Å². The molecule has 4 rings (SSSR count). The van der Waals surface area contributed by atoms with Crippen molar-refractivity contribution in [1.82, 2.24) is 4.90 Å². The lowest BCUT2D eigenvalue weighted by molar-refractivity contribution is -0.123. The van der Waals surface area contributed by atoms with Crippen molar-refractivity contribution >= 4 is 46.3 Å². The molecule has 1 amide bonds. The highest BCUT2D eigenvalue weighted by molar-refractivity contribution is 8.26. The Morgan fingerprint density at radius 2 is 2.12 bits per heavy atom. The molecule has 2 aromatic carbocycles. The van der Waals surface area contributed by atoms with Gasteiger partial charge in [0.1, 0.15) is 4.32 Å². The molecule has 2 fully saturated rings. The first-order chi connectivity index (χ1) is 15.4. The summed E-state index contributed by atoms with van der Waals surface area (Å²) >= 11 is 6.68. The van der Waals surface area contributed by atoms with E-state index in [0.29, 0.717) is 32.8 Å². The number of benzene rings is 2. The Hall–Kier alpha value is -2.68. The molecule has 0 aromatic heterocycles. The normalized spacial score (nSPS) is 19.6. The molecule has 6 nitrogen and oxygen atoms in total. The molecule has 2 saturated heterocycles. The van der Waals surface area contributed by atoms with Crippen LogP contribution < -0.4 is 9.47 Å². The van der Waals surface area contributed by atoms with Gasteiger partial charge in [0.25, 0.3) is 5.91 Å². The number of ether oxygens (including phenoxy) is 3. The van der Waals surface area contributed by atoms with Gasteiger partial charge in [-0.15, -0.1) is 0 Å². The van der Waals surface area contributed by atoms with Gasteiger partial charge in [-0.05, 0) is 55.7 Å². The lowest BCUT2D eigenvalue weighted by Gasteiger charge is -2.18. The number of thiocarbonyl (C=S) groups is 1. The Balaban J connectivity index is 1.50. The Bertz CT molecular complexity index is 1090. The number of esters is 1. The quantitative estimate of drug-likeness (QED) is 0.265. The molecule has 1 atom stereocenters. The van der Waals surface area contributed by atoms with Crippen LogP contribution in [0.5, 0.6) is 11.5 Å². The van der Waals surface area contributed by atoms with Crippen LogP contribution in [0.1, 0.15) is 34.3 Å². The van der Waals surface area contributed by atoms with Crippen LogP contribution >= 0.6 is 24.0 Å². The van der Waals surface area contributed by atoms with E-state index in [4.69, 9.17) is 26.4 Å². The fourth-order valence-electron chi connectivity index (χ4n) is 3.59. The van der Waals surface area contributed by atoms with E-state index in [1.165, 1.54) is 18.9 Å². The first-order valence-electron chi connectivity index (χ1n) is 10.3. The van der Waals surface area contributed by atoms with Gasteiger partial charge in [-0.2, -0.15) is 0 Å². The summed E-state index contributed by atoms with van der Waals surface area (Å²) in [4.78, 5) is 27.5. The van der Waals surface area contributed by atoms with Gasteiger partial charge in [0.2, 0.25) is 0 Å². The fraction of sp³-hybridized carbons (Fsp3) is 0.292. The number of carbonyl (C=O) groups excluding carboxylic acids is 2. The molecule has 0 saturated carbocycles. The van der Waals surface area contributed by atoms with Crippen molar-refractivity contribution in [3.05, 3.63) is 64.1 Å². The zero-order chi connectivity index (χ0) is 22.7. The van der Waals surface area contributed by atoms with Crippen LogP contribution in [0.4, 0.5) is 0 Å². The highest BCUT2D eigenvalue weighted by Gasteiger charge is 2.34. The van der Waals surface area contributed by atoms with Crippen molar-refractivity contribution in [1.29, 1.82) is 0 Å². The van der Waals surface area contributed by atoms with Crippen molar-refractivity contribution in [3.63, 3.8) is 0 Å². The Labute approximate surface area is 196 Å². The molecular weight excluding hydrogens is 446 g/mol. The van der Waals surface area contributed by atoms with Gasteiger partial charge in [-0.3, -0.25) is 9.69 Å². The van der Waals surface area contributed by atoms with Crippen LogP contribution in [0.15, 0.2) is 47.4 Å². The minimum Gasteiger partial charge on any atom is -0.493 e. The Kier molecular flexibility index (Phi) is 6.93. The molecule has 2 aliphatic heterocycles. The number of hydrogen-bond donors (Lipinski definition) is 0. The largest absolute Gasteiger partial charge is 0.493 e. The maximum atomic E-state index is 12.9. The van der Waals surface area contributed by atoms with Gasteiger partial charge in [0.05, 0.1) is 30.2 Å². The SMILES string of the molecule is COc1cc(/C=C2\SC(=S)N(CC3CCCO3)C2=O)ccc1OC(=O)c1cccc(C)c1. The van der Waals surface area contributed by atoms with E-state index in [0.717, 1.165) is 30.6 Å². The van der Waals surface area contributed by atoms with Gasteiger partial charge in [0, 0.05) is 6.61 Å². The predicted molar refractivity (Wildman–Crippen MR) is 128 cm³/mol. The Morgan fingerprint density at radius 3 is 2.84 bits per heavy atom. The third kappa shape index (κ3) is 5.03. The molecule has 32 heavy (non-hydrogen) atoms. The number of amides is 1. The number of nitrogens with zero attached hydrogens (tertiary/aromatic N) is 1. The molecule has 2 heterocycles. The zero-order valence-corrected chi connectivity index (χ0v) is 19.5. The van der Waals surface area contributed by atoms with E-state index < -0.39 is 5.97 Å². The van der Waals surface area contributed by atoms with Crippen LogP contribution in [0, 0.1) is 6.92 Å². The van der Waals surface area contributed by atoms with Crippen molar-refractivity contribution in [3.8, 4) is 11.5 Å². The summed E-state index contributed by atoms with van der Waals surface area (Å²) in [6.45, 7) is 3.13. The summed E-state index contributed by atoms with van der Waals surface area (Å²) in [7, 11) is 1.50. The smallest absolute Gasteiger partial charge is 0.343 e. The highest BCUT2D eigenvalue weighted by atomic mass is 32.2. The fourth-order valence-corrected chi connectivity index (χ4v) is 4.86. The second-order valence-electron chi connectivity index (χ2n) is 7.60. The van der Waals surface area contributed by atoms with Crippen LogP contribution in [0.25, 0.3) is 6.08 Å². The zero-order valence-electron chi connectivity index (χ0n) is 17.8. The monoisotopic (exact) mass is 469 g/mol. The molecule has 2 aromatic rings. The van der Waals surface area contributed by atoms with E-state index in [-0.39, 0.29) is 12.0 Å². The number of hydrogen-bond acceptors (Lipinski definition) is 7. The van der Waals surface area contributed by atoms with Crippen molar-refractivity contribution < 1.29 is 23.8 Å². The maximum absolute atomic E-state index is 12.9. The highest BCUT2D eigenvalue weighted by Crippen LogP contribution is 2.35. The summed E-state index contributed by atoms with van der Waals surface area (Å²) < 4.78 is 17.1. The van der Waals surface area contributed by atoms with E-state index in [1.807, 2.05) is 13.0 Å². The molecule has 0 spiro atoms. The number of thioether (sulfide) groups is 1. The molecule has 0 N–H and O–H groups in total. The molecule has 0 radical (unpaired) electrons. The molecule has 2 aliphatic rings. The van der Waals surface area contributed by atoms with E-state index >= 15 is 0 Å². The van der Waals surface area contributed by atoms with Gasteiger partial charge >= 0.3 is 5.97 Å². The molecule has 1 unspecified atom stereocenters. The first kappa shape index (κ1) is 22.5. The van der Waals surface area contributed by atoms with Crippen LogP contribution in [0.2, 0.25) is 0 Å². The van der Waals surface area contributed by atoms with E-state index in [1.54, 1.807) is 47.4 Å². The molecule has 8 heteroatoms. The molecular formula is C24H23NO5S2. The second kappa shape index (κ2) is 9.85. The average molecular weight is 470 g/mol. The lowest BCUT2D eigenvalue weighted by atomic mass is 10.1. The van der Waals surface area contributed by atoms with Crippen molar-refractivity contribution in [2.24, 2.45) is 0 Å². The number of methoxy groups -OCH3 is 1. The summed E-state index contributed by atoms with van der Waals surface area (Å²) in [5.41, 5.74) is 2.18. The molecule has 0 bridgehead atoms. The minimum atomic E-state index is -0.463. The van der Waals surface area contributed by atoms with Crippen LogP contribution in [0.3, 0.4) is 0 Å². The summed E-state index contributed by atoms with van der Waals surface area (Å²) in [6, 6.07) is 12.3. The minimum absolute atomic E-state index is 0.0410. The third-order valence-corrected chi connectivity index (χ3v) is 6.60. The van der Waals surface area contributed by atoms with Crippen LogP contribution in [-0.4, -0.2) is 47.5 Å². The Morgan fingerprint density at radius 1 is 1.28 bits per heavy atom. The van der Waals surface area contributed by atoms with Gasteiger partial charge in [-0.25, -0.2) is 4.79 Å². The average Bonchev–Trinajstić information content (AvgIpc) is 3.39. The lowest BCUT2D eigenvalue weighted by Crippen LogP contribution is -2.35. The third-order valence-electron chi connectivity index (χ3n) is 5.23. The number of carbonyl (C=O) groups is 2. The van der Waals surface area contributed by atoms with Gasteiger partial charge < -0.3 is 14.2 Å². The number of rotatable bonds is 6. The second-order valence-corrected chi connectivity index (χ2v) is 9.27. The first-order valence-corrected chi connectivity index (χ1v) is 11.5. The standard InChI is InChI=1S/C24H23NO5S2/c1-15-5-3-6-17(11-15)23(27)30-19-9-8-16(12-20(19)28-2)13-21-22(26)25(24(31)32-21)14-18-7-4-10-29-18/h3,5-6,8-9,11-13,18H,4,7,10,14H2,1-2H3/b21-13-. The molecule has 166 valence electrons.